The van der Waals surface area contributed by atoms with Crippen molar-refractivity contribution in [2.45, 2.75) is 31.9 Å². The highest BCUT2D eigenvalue weighted by Gasteiger charge is 2.15. The van der Waals surface area contributed by atoms with Gasteiger partial charge in [0.2, 0.25) is 11.8 Å². The van der Waals surface area contributed by atoms with Gasteiger partial charge in [-0.1, -0.05) is 0 Å². The lowest BCUT2D eigenvalue weighted by Gasteiger charge is -2.10. The summed E-state index contributed by atoms with van der Waals surface area (Å²) >= 11 is 0. The van der Waals surface area contributed by atoms with Gasteiger partial charge < -0.3 is 19.5 Å². The molecule has 1 aliphatic rings. The number of nitrogens with zero attached hydrogens (tertiary/aromatic N) is 1. The summed E-state index contributed by atoms with van der Waals surface area (Å²) in [6.45, 7) is 2.29. The lowest BCUT2D eigenvalue weighted by atomic mass is 10.2. The third-order valence-electron chi connectivity index (χ3n) is 3.30. The molecule has 0 aliphatic carbocycles. The van der Waals surface area contributed by atoms with E-state index in [1.165, 1.54) is 0 Å². The van der Waals surface area contributed by atoms with Crippen molar-refractivity contribution in [2.75, 3.05) is 26.9 Å². The lowest BCUT2D eigenvalue weighted by molar-refractivity contribution is -0.122. The highest BCUT2D eigenvalue weighted by molar-refractivity contribution is 5.75. The van der Waals surface area contributed by atoms with Gasteiger partial charge in [-0.25, -0.2) is 4.98 Å². The largest absolute Gasteiger partial charge is 0.481 e. The molecule has 1 amide bonds. The molecule has 1 unspecified atom stereocenters. The molecule has 1 N–H and O–H groups in total. The van der Waals surface area contributed by atoms with E-state index in [1.807, 2.05) is 6.07 Å². The van der Waals surface area contributed by atoms with Crippen LogP contribution in [0.2, 0.25) is 0 Å². The quantitative estimate of drug-likeness (QED) is 0.732. The second-order valence-corrected chi connectivity index (χ2v) is 4.94. The van der Waals surface area contributed by atoms with Crippen molar-refractivity contribution in [3.63, 3.8) is 0 Å². The summed E-state index contributed by atoms with van der Waals surface area (Å²) in [5, 5.41) is 2.85. The van der Waals surface area contributed by atoms with Crippen LogP contribution in [-0.4, -0.2) is 43.9 Å². The normalized spacial score (nSPS) is 17.7. The molecule has 2 heterocycles. The molecule has 0 aromatic carbocycles. The lowest BCUT2D eigenvalue weighted by Crippen LogP contribution is -2.24. The van der Waals surface area contributed by atoms with Crippen molar-refractivity contribution < 1.29 is 19.0 Å². The molecule has 1 atom stereocenters. The minimum Gasteiger partial charge on any atom is -0.481 e. The number of carbonyl (C=O) groups is 1. The zero-order valence-electron chi connectivity index (χ0n) is 12.3. The fourth-order valence-electron chi connectivity index (χ4n) is 2.12. The van der Waals surface area contributed by atoms with Crippen LogP contribution in [0.1, 0.15) is 24.8 Å². The topological polar surface area (TPSA) is 69.7 Å². The first-order chi connectivity index (χ1) is 10.3. The average Bonchev–Trinajstić information content (AvgIpc) is 3.03. The van der Waals surface area contributed by atoms with Crippen LogP contribution in [0.25, 0.3) is 0 Å². The Balaban J connectivity index is 1.58. The van der Waals surface area contributed by atoms with Crippen LogP contribution in [0.5, 0.6) is 5.88 Å². The van der Waals surface area contributed by atoms with Gasteiger partial charge in [0, 0.05) is 31.8 Å². The number of aromatic nitrogens is 1. The van der Waals surface area contributed by atoms with Crippen LogP contribution >= 0.6 is 0 Å². The van der Waals surface area contributed by atoms with E-state index in [2.05, 4.69) is 10.3 Å². The maximum absolute atomic E-state index is 11.7. The standard InChI is InChI=1S/C15H22N2O4/c1-19-15-9-12(4-6-16-15)10-17-14(18)5-8-20-11-13-3-2-7-21-13/h4,6,9,13H,2-3,5,7-8,10-11H2,1H3,(H,17,18). The molecule has 1 aromatic heterocycles. The van der Waals surface area contributed by atoms with Crippen molar-refractivity contribution >= 4 is 5.91 Å². The number of methoxy groups -OCH3 is 1. The molecule has 1 aliphatic heterocycles. The first-order valence-corrected chi connectivity index (χ1v) is 7.23. The van der Waals surface area contributed by atoms with Crippen molar-refractivity contribution in [1.82, 2.24) is 10.3 Å². The van der Waals surface area contributed by atoms with Crippen LogP contribution in [0.3, 0.4) is 0 Å². The predicted molar refractivity (Wildman–Crippen MR) is 77.0 cm³/mol. The Morgan fingerprint density at radius 2 is 2.48 bits per heavy atom. The van der Waals surface area contributed by atoms with Gasteiger partial charge in [0.25, 0.3) is 0 Å². The molecule has 2 rings (SSSR count). The van der Waals surface area contributed by atoms with E-state index in [0.717, 1.165) is 25.0 Å². The van der Waals surface area contributed by atoms with E-state index in [9.17, 15) is 4.79 Å². The summed E-state index contributed by atoms with van der Waals surface area (Å²) in [5.41, 5.74) is 0.954. The van der Waals surface area contributed by atoms with Crippen molar-refractivity contribution in [2.24, 2.45) is 0 Å². The zero-order chi connectivity index (χ0) is 14.9. The van der Waals surface area contributed by atoms with Crippen LogP contribution < -0.4 is 10.1 Å². The van der Waals surface area contributed by atoms with Gasteiger partial charge >= 0.3 is 0 Å². The van der Waals surface area contributed by atoms with Gasteiger partial charge in [-0.15, -0.1) is 0 Å². The van der Waals surface area contributed by atoms with Crippen molar-refractivity contribution in [3.05, 3.63) is 23.9 Å². The smallest absolute Gasteiger partial charge is 0.222 e. The highest BCUT2D eigenvalue weighted by atomic mass is 16.5. The minimum absolute atomic E-state index is 0.0295. The summed E-state index contributed by atoms with van der Waals surface area (Å²) in [6, 6.07) is 3.64. The molecular weight excluding hydrogens is 272 g/mol. The summed E-state index contributed by atoms with van der Waals surface area (Å²) in [5.74, 6) is 0.514. The number of hydrogen-bond donors (Lipinski definition) is 1. The van der Waals surface area contributed by atoms with Crippen LogP contribution in [0, 0.1) is 0 Å². The number of ether oxygens (including phenoxy) is 3. The molecule has 6 heteroatoms. The fraction of sp³-hybridized carbons (Fsp3) is 0.600. The van der Waals surface area contributed by atoms with Crippen LogP contribution in [-0.2, 0) is 20.8 Å². The number of carbonyl (C=O) groups excluding carboxylic acids is 1. The monoisotopic (exact) mass is 294 g/mol. The van der Waals surface area contributed by atoms with E-state index in [-0.39, 0.29) is 12.0 Å². The Bertz CT molecular complexity index is 447. The number of hydrogen-bond acceptors (Lipinski definition) is 5. The van der Waals surface area contributed by atoms with Crippen molar-refractivity contribution in [3.8, 4) is 5.88 Å². The molecule has 1 fully saturated rings. The maximum atomic E-state index is 11.7. The first kappa shape index (κ1) is 15.7. The van der Waals surface area contributed by atoms with E-state index in [0.29, 0.717) is 32.1 Å². The van der Waals surface area contributed by atoms with Crippen molar-refractivity contribution in [1.29, 1.82) is 0 Å². The molecule has 6 nitrogen and oxygen atoms in total. The molecule has 0 saturated carbocycles. The Kier molecular flexibility index (Phi) is 6.43. The predicted octanol–water partition coefficient (Wildman–Crippen LogP) is 1.29. The summed E-state index contributed by atoms with van der Waals surface area (Å²) in [7, 11) is 1.57. The Morgan fingerprint density at radius 3 is 3.24 bits per heavy atom. The second-order valence-electron chi connectivity index (χ2n) is 4.94. The number of pyridine rings is 1. The SMILES string of the molecule is COc1cc(CNC(=O)CCOCC2CCCO2)ccn1. The third kappa shape index (κ3) is 5.69. The fourth-order valence-corrected chi connectivity index (χ4v) is 2.12. The molecule has 0 spiro atoms. The molecule has 116 valence electrons. The van der Waals surface area contributed by atoms with Crippen LogP contribution in [0.4, 0.5) is 0 Å². The average molecular weight is 294 g/mol. The van der Waals surface area contributed by atoms with Gasteiger partial charge in [-0.2, -0.15) is 0 Å². The van der Waals surface area contributed by atoms with Crippen LogP contribution in [0.15, 0.2) is 18.3 Å². The molecule has 21 heavy (non-hydrogen) atoms. The summed E-state index contributed by atoms with van der Waals surface area (Å²) in [4.78, 5) is 15.7. The third-order valence-corrected chi connectivity index (χ3v) is 3.30. The Hall–Kier alpha value is -1.66. The molecule has 0 radical (unpaired) electrons. The van der Waals surface area contributed by atoms with E-state index < -0.39 is 0 Å². The van der Waals surface area contributed by atoms with E-state index in [1.54, 1.807) is 19.4 Å². The second kappa shape index (κ2) is 8.59. The molecule has 1 aromatic rings. The van der Waals surface area contributed by atoms with Gasteiger partial charge in [0.15, 0.2) is 0 Å². The number of nitrogens with one attached hydrogen (secondary N) is 1. The highest BCUT2D eigenvalue weighted by Crippen LogP contribution is 2.12. The Labute approximate surface area is 124 Å². The Morgan fingerprint density at radius 1 is 1.57 bits per heavy atom. The molecule has 1 saturated heterocycles. The number of amides is 1. The molecule has 0 bridgehead atoms. The molecular formula is C15H22N2O4. The van der Waals surface area contributed by atoms with E-state index >= 15 is 0 Å². The minimum atomic E-state index is -0.0295. The zero-order valence-corrected chi connectivity index (χ0v) is 12.3. The van der Waals surface area contributed by atoms with E-state index in [4.69, 9.17) is 14.2 Å². The van der Waals surface area contributed by atoms with Gasteiger partial charge in [0.1, 0.15) is 0 Å². The van der Waals surface area contributed by atoms with Gasteiger partial charge in [-0.05, 0) is 24.5 Å². The summed E-state index contributed by atoms with van der Waals surface area (Å²) < 4.78 is 15.9. The van der Waals surface area contributed by atoms with Gasteiger partial charge in [-0.3, -0.25) is 4.79 Å². The first-order valence-electron chi connectivity index (χ1n) is 7.23. The summed E-state index contributed by atoms with van der Waals surface area (Å²) in [6.07, 6.45) is 4.37. The van der Waals surface area contributed by atoms with Gasteiger partial charge in [0.05, 0.1) is 26.4 Å². The number of rotatable bonds is 8. The maximum Gasteiger partial charge on any atom is 0.222 e.